The van der Waals surface area contributed by atoms with Gasteiger partial charge in [-0.15, -0.1) is 0 Å². The first-order valence-electron chi connectivity index (χ1n) is 7.44. The minimum absolute atomic E-state index is 0.125. The zero-order valence-corrected chi connectivity index (χ0v) is 12.7. The Labute approximate surface area is 125 Å². The third-order valence-electron chi connectivity index (χ3n) is 4.37. The smallest absolute Gasteiger partial charge is 0.252 e. The second-order valence-electron chi connectivity index (χ2n) is 5.71. The average Bonchev–Trinajstić information content (AvgIpc) is 2.48. The van der Waals surface area contributed by atoms with Crippen molar-refractivity contribution in [2.45, 2.75) is 39.0 Å². The largest absolute Gasteiger partial charge is 0.398 e. The van der Waals surface area contributed by atoms with E-state index in [4.69, 9.17) is 17.3 Å². The van der Waals surface area contributed by atoms with Crippen LogP contribution in [0.1, 0.15) is 49.4 Å². The lowest BCUT2D eigenvalue weighted by Crippen LogP contribution is -2.31. The maximum atomic E-state index is 12.1. The van der Waals surface area contributed by atoms with Gasteiger partial charge in [0.1, 0.15) is 0 Å². The fraction of sp³-hybridized carbons (Fsp3) is 0.562. The van der Waals surface area contributed by atoms with Crippen LogP contribution in [0, 0.1) is 11.8 Å². The quantitative estimate of drug-likeness (QED) is 0.828. The number of amides is 1. The van der Waals surface area contributed by atoms with Crippen molar-refractivity contribution in [3.8, 4) is 0 Å². The molecular weight excluding hydrogens is 272 g/mol. The summed E-state index contributed by atoms with van der Waals surface area (Å²) in [5, 5.41) is 3.34. The predicted molar refractivity (Wildman–Crippen MR) is 83.9 cm³/mol. The minimum Gasteiger partial charge on any atom is -0.398 e. The molecule has 1 aliphatic carbocycles. The van der Waals surface area contributed by atoms with Crippen LogP contribution in [0.25, 0.3) is 0 Å². The van der Waals surface area contributed by atoms with E-state index in [1.54, 1.807) is 18.2 Å². The summed E-state index contributed by atoms with van der Waals surface area (Å²) in [5.41, 5.74) is 6.63. The Morgan fingerprint density at radius 1 is 1.30 bits per heavy atom. The monoisotopic (exact) mass is 294 g/mol. The predicted octanol–water partition coefficient (Wildman–Crippen LogP) is 3.87. The molecule has 3 N–H and O–H groups in total. The normalized spacial score (nSPS) is 22.5. The molecular formula is C16H23ClN2O. The number of hydrogen-bond donors (Lipinski definition) is 2. The van der Waals surface area contributed by atoms with Gasteiger partial charge < -0.3 is 11.1 Å². The molecule has 1 fully saturated rings. The van der Waals surface area contributed by atoms with Crippen LogP contribution < -0.4 is 11.1 Å². The van der Waals surface area contributed by atoms with Gasteiger partial charge in [0.2, 0.25) is 0 Å². The highest BCUT2D eigenvalue weighted by Crippen LogP contribution is 2.30. The van der Waals surface area contributed by atoms with Crippen molar-refractivity contribution in [3.63, 3.8) is 0 Å². The van der Waals surface area contributed by atoms with Crippen LogP contribution in [0.2, 0.25) is 5.02 Å². The summed E-state index contributed by atoms with van der Waals surface area (Å²) in [6.45, 7) is 3.00. The molecule has 0 heterocycles. The molecule has 4 heteroatoms. The summed E-state index contributed by atoms with van der Waals surface area (Å²) >= 11 is 6.06. The first-order valence-corrected chi connectivity index (χ1v) is 7.81. The number of nitrogen functional groups attached to an aromatic ring is 1. The van der Waals surface area contributed by atoms with E-state index in [1.165, 1.54) is 32.1 Å². The maximum absolute atomic E-state index is 12.1. The molecule has 0 aliphatic heterocycles. The third kappa shape index (κ3) is 3.66. The van der Waals surface area contributed by atoms with Gasteiger partial charge in [0.25, 0.3) is 5.91 Å². The molecule has 1 amide bonds. The van der Waals surface area contributed by atoms with Gasteiger partial charge in [-0.05, 0) is 36.8 Å². The number of rotatable bonds is 4. The van der Waals surface area contributed by atoms with Gasteiger partial charge in [0.15, 0.2) is 0 Å². The van der Waals surface area contributed by atoms with E-state index in [0.29, 0.717) is 22.2 Å². The van der Waals surface area contributed by atoms with Crippen LogP contribution >= 0.6 is 11.6 Å². The highest BCUT2D eigenvalue weighted by molar-refractivity contribution is 6.36. The van der Waals surface area contributed by atoms with Crippen molar-refractivity contribution >= 4 is 23.2 Å². The van der Waals surface area contributed by atoms with Crippen LogP contribution in [0.4, 0.5) is 5.69 Å². The molecule has 0 radical (unpaired) electrons. The number of benzene rings is 1. The Morgan fingerprint density at radius 2 is 1.95 bits per heavy atom. The first kappa shape index (κ1) is 15.2. The molecule has 0 aromatic heterocycles. The van der Waals surface area contributed by atoms with Gasteiger partial charge >= 0.3 is 0 Å². The first-order chi connectivity index (χ1) is 9.61. The molecule has 3 nitrogen and oxygen atoms in total. The van der Waals surface area contributed by atoms with E-state index in [2.05, 4.69) is 12.2 Å². The highest BCUT2D eigenvalue weighted by atomic mass is 35.5. The Morgan fingerprint density at radius 3 is 2.60 bits per heavy atom. The number of carbonyl (C=O) groups is 1. The zero-order chi connectivity index (χ0) is 14.5. The second-order valence-corrected chi connectivity index (χ2v) is 6.09. The van der Waals surface area contributed by atoms with Gasteiger partial charge in [0, 0.05) is 6.54 Å². The maximum Gasteiger partial charge on any atom is 0.252 e. The molecule has 1 aromatic rings. The van der Waals surface area contributed by atoms with Crippen LogP contribution in [0.5, 0.6) is 0 Å². The molecule has 0 unspecified atom stereocenters. The molecule has 2 rings (SSSR count). The summed E-state index contributed by atoms with van der Waals surface area (Å²) in [6, 6.07) is 5.16. The zero-order valence-electron chi connectivity index (χ0n) is 12.0. The molecule has 1 saturated carbocycles. The Balaban J connectivity index is 1.85. The van der Waals surface area contributed by atoms with Crippen molar-refractivity contribution in [2.75, 3.05) is 12.3 Å². The molecule has 110 valence electrons. The fourth-order valence-electron chi connectivity index (χ4n) is 2.90. The Hall–Kier alpha value is -1.22. The SMILES string of the molecule is CCC1CCC(CNC(=O)c2cccc(N)c2Cl)CC1. The average molecular weight is 295 g/mol. The summed E-state index contributed by atoms with van der Waals surface area (Å²) in [5.74, 6) is 1.35. The molecule has 1 aliphatic rings. The van der Waals surface area contributed by atoms with E-state index in [9.17, 15) is 4.79 Å². The van der Waals surface area contributed by atoms with E-state index in [-0.39, 0.29) is 5.91 Å². The number of nitrogens with one attached hydrogen (secondary N) is 1. The van der Waals surface area contributed by atoms with Crippen LogP contribution in [-0.4, -0.2) is 12.5 Å². The van der Waals surface area contributed by atoms with Crippen LogP contribution in [-0.2, 0) is 0 Å². The van der Waals surface area contributed by atoms with Crippen LogP contribution in [0.15, 0.2) is 18.2 Å². The van der Waals surface area contributed by atoms with Crippen molar-refractivity contribution in [1.82, 2.24) is 5.32 Å². The highest BCUT2D eigenvalue weighted by Gasteiger charge is 2.21. The van der Waals surface area contributed by atoms with Gasteiger partial charge in [-0.1, -0.05) is 43.9 Å². The molecule has 0 bridgehead atoms. The van der Waals surface area contributed by atoms with Gasteiger partial charge in [-0.25, -0.2) is 0 Å². The number of halogens is 1. The Kier molecular flexibility index (Phi) is 5.30. The lowest BCUT2D eigenvalue weighted by atomic mass is 9.81. The van der Waals surface area contributed by atoms with Gasteiger partial charge in [0.05, 0.1) is 16.3 Å². The molecule has 1 aromatic carbocycles. The summed E-state index contributed by atoms with van der Waals surface area (Å²) in [4.78, 5) is 12.1. The fourth-order valence-corrected chi connectivity index (χ4v) is 3.11. The number of carbonyl (C=O) groups excluding carboxylic acids is 1. The second kappa shape index (κ2) is 6.98. The van der Waals surface area contributed by atoms with E-state index < -0.39 is 0 Å². The van der Waals surface area contributed by atoms with Crippen LogP contribution in [0.3, 0.4) is 0 Å². The van der Waals surface area contributed by atoms with E-state index in [1.807, 2.05) is 0 Å². The van der Waals surface area contributed by atoms with Crippen molar-refractivity contribution in [2.24, 2.45) is 11.8 Å². The van der Waals surface area contributed by atoms with Crippen molar-refractivity contribution < 1.29 is 4.79 Å². The summed E-state index contributed by atoms with van der Waals surface area (Å²) < 4.78 is 0. The van der Waals surface area contributed by atoms with Gasteiger partial charge in [-0.3, -0.25) is 4.79 Å². The number of anilines is 1. The van der Waals surface area contributed by atoms with Crippen molar-refractivity contribution in [3.05, 3.63) is 28.8 Å². The third-order valence-corrected chi connectivity index (χ3v) is 4.79. The Bertz CT molecular complexity index is 468. The van der Waals surface area contributed by atoms with E-state index >= 15 is 0 Å². The standard InChI is InChI=1S/C16H23ClN2O/c1-2-11-6-8-12(9-7-11)10-19-16(20)13-4-3-5-14(18)15(13)17/h3-5,11-12H,2,6-10,18H2,1H3,(H,19,20). The molecule has 0 saturated heterocycles. The van der Waals surface area contributed by atoms with E-state index in [0.717, 1.165) is 12.5 Å². The number of hydrogen-bond acceptors (Lipinski definition) is 2. The molecule has 20 heavy (non-hydrogen) atoms. The van der Waals surface area contributed by atoms with Crippen molar-refractivity contribution in [1.29, 1.82) is 0 Å². The topological polar surface area (TPSA) is 55.1 Å². The summed E-state index contributed by atoms with van der Waals surface area (Å²) in [7, 11) is 0. The lowest BCUT2D eigenvalue weighted by Gasteiger charge is -2.27. The molecule has 0 spiro atoms. The van der Waals surface area contributed by atoms with Gasteiger partial charge in [-0.2, -0.15) is 0 Å². The lowest BCUT2D eigenvalue weighted by molar-refractivity contribution is 0.0941. The number of nitrogens with two attached hydrogens (primary N) is 1. The molecule has 0 atom stereocenters. The summed E-state index contributed by atoms with van der Waals surface area (Å²) in [6.07, 6.45) is 6.27. The minimum atomic E-state index is -0.125.